The van der Waals surface area contributed by atoms with Crippen LogP contribution < -0.4 is 5.32 Å². The van der Waals surface area contributed by atoms with Gasteiger partial charge in [-0.2, -0.15) is 9.97 Å². The fourth-order valence-corrected chi connectivity index (χ4v) is 8.19. The zero-order chi connectivity index (χ0) is 29.0. The first-order valence-corrected chi connectivity index (χ1v) is 16.3. The Bertz CT molecular complexity index is 1360. The average molecular weight is 627 g/mol. The highest BCUT2D eigenvalue weighted by atomic mass is 35.5. The van der Waals surface area contributed by atoms with Crippen LogP contribution in [0.5, 0.6) is 0 Å². The van der Waals surface area contributed by atoms with Crippen molar-refractivity contribution in [1.29, 1.82) is 0 Å². The minimum atomic E-state index is -4.86. The predicted molar refractivity (Wildman–Crippen MR) is 137 cm³/mol. The summed E-state index contributed by atoms with van der Waals surface area (Å²) in [5, 5.41) is 23.3. The molecule has 0 spiro atoms. The number of imidazole rings is 1. The van der Waals surface area contributed by atoms with Crippen LogP contribution in [0.15, 0.2) is 6.33 Å². The Balaban J connectivity index is 1.28. The van der Waals surface area contributed by atoms with E-state index in [0.717, 1.165) is 25.7 Å². The number of anilines is 1. The summed E-state index contributed by atoms with van der Waals surface area (Å²) in [6.45, 7) is -0.762. The Morgan fingerprint density at radius 3 is 2.50 bits per heavy atom. The van der Waals surface area contributed by atoms with Gasteiger partial charge in [0.1, 0.15) is 24.4 Å². The molecule has 0 aromatic carbocycles. The van der Waals surface area contributed by atoms with E-state index in [2.05, 4.69) is 32.2 Å². The number of amides is 1. The first kappa shape index (κ1) is 29.7. The van der Waals surface area contributed by atoms with Crippen LogP contribution >= 0.6 is 26.8 Å². The molecule has 1 amide bonds. The first-order valence-electron chi connectivity index (χ1n) is 12.3. The number of ether oxygens (including phenoxy) is 2. The summed E-state index contributed by atoms with van der Waals surface area (Å²) in [6, 6.07) is 0.732. The Kier molecular flexibility index (Phi) is 8.29. The van der Waals surface area contributed by atoms with Crippen LogP contribution in [0.4, 0.5) is 10.6 Å². The molecule has 3 aliphatic rings. The van der Waals surface area contributed by atoms with Crippen molar-refractivity contribution in [1.82, 2.24) is 24.4 Å². The third-order valence-corrected chi connectivity index (χ3v) is 11.0. The molecule has 20 heteroatoms. The second-order valence-electron chi connectivity index (χ2n) is 10.1. The number of aliphatic hydroxyl groups is 2. The number of carbonyl (C=O) groups excluding carboxylic acids is 1. The summed E-state index contributed by atoms with van der Waals surface area (Å²) < 4.78 is 40.2. The van der Waals surface area contributed by atoms with Gasteiger partial charge in [-0.3, -0.25) is 19.0 Å². The van der Waals surface area contributed by atoms with Crippen LogP contribution in [-0.4, -0.2) is 111 Å². The van der Waals surface area contributed by atoms with E-state index in [1.54, 1.807) is 0 Å². The van der Waals surface area contributed by atoms with E-state index in [1.165, 1.54) is 10.9 Å². The largest absolute Gasteiger partial charge is 0.446 e. The molecule has 3 fully saturated rings. The molecule has 222 valence electrons. The number of hydrogen-bond donors (Lipinski definition) is 6. The van der Waals surface area contributed by atoms with E-state index >= 15 is 0 Å². The van der Waals surface area contributed by atoms with Crippen LogP contribution in [-0.2, 0) is 23.1 Å². The van der Waals surface area contributed by atoms with Gasteiger partial charge in [0.05, 0.1) is 12.9 Å². The van der Waals surface area contributed by atoms with Crippen LogP contribution in [0.25, 0.3) is 11.2 Å². The van der Waals surface area contributed by atoms with Crippen molar-refractivity contribution < 1.29 is 52.8 Å². The lowest BCUT2D eigenvalue weighted by Gasteiger charge is -2.35. The van der Waals surface area contributed by atoms with Crippen molar-refractivity contribution in [3.8, 4) is 0 Å². The molecule has 17 nitrogen and oxygen atoms in total. The Labute approximate surface area is 232 Å². The van der Waals surface area contributed by atoms with Crippen LogP contribution in [0.1, 0.15) is 31.9 Å². The molecule has 0 aliphatic carbocycles. The molecule has 5 heterocycles. The fourth-order valence-electron chi connectivity index (χ4n) is 5.46. The second kappa shape index (κ2) is 11.2. The smallest absolute Gasteiger partial charge is 0.413 e. The molecular formula is C20H29ClN6O11P2. The van der Waals surface area contributed by atoms with E-state index in [-0.39, 0.29) is 28.4 Å². The maximum absolute atomic E-state index is 12.7. The molecule has 0 saturated carbocycles. The quantitative estimate of drug-likeness (QED) is 0.174. The van der Waals surface area contributed by atoms with E-state index < -0.39 is 58.3 Å². The summed E-state index contributed by atoms with van der Waals surface area (Å²) in [5.74, 6) is -1.48. The van der Waals surface area contributed by atoms with E-state index in [1.807, 2.05) is 0 Å². The van der Waals surface area contributed by atoms with E-state index in [0.29, 0.717) is 12.1 Å². The summed E-state index contributed by atoms with van der Waals surface area (Å²) in [6.07, 6.45) is -2.11. The zero-order valence-corrected chi connectivity index (χ0v) is 23.6. The molecule has 0 radical (unpaired) electrons. The number of piperidine rings is 1. The van der Waals surface area contributed by atoms with Crippen molar-refractivity contribution in [2.45, 2.75) is 68.4 Å². The summed E-state index contributed by atoms with van der Waals surface area (Å²) in [5.41, 5.74) is 0.107. The molecule has 2 bridgehead atoms. The Hall–Kier alpha value is -1.75. The minimum Gasteiger partial charge on any atom is -0.446 e. The number of nitrogens with one attached hydrogen (secondary N) is 1. The molecule has 8 atom stereocenters. The standard InChI is InChI=1S/C20H29ClN6O11P2/c1-26-9-2-3-10(26)5-11(4-9)37-20(30)24-16-13-17(25-19(21)23-16)27(7-22-13)18-15(29)14(28)12(38-18)6-36-40(34,35)8-39(31,32)33/h7,9-12,14-15,18,28-29H,2-6,8H2,1H3,(H,34,35)(H2,31,32,33)(H,23,24,25,30)/t9-,10+,11+,12-,14?,15?,18-/m1/s1. The Morgan fingerprint density at radius 1 is 1.18 bits per heavy atom. The number of rotatable bonds is 8. The number of nitrogens with zero attached hydrogens (tertiary/aromatic N) is 5. The lowest BCUT2D eigenvalue weighted by atomic mass is 10.0. The van der Waals surface area contributed by atoms with Gasteiger partial charge in [0.15, 0.2) is 29.1 Å². The van der Waals surface area contributed by atoms with E-state index in [4.69, 9.17) is 35.4 Å². The number of carbonyl (C=O) groups is 1. The average Bonchev–Trinajstić information content (AvgIpc) is 3.42. The van der Waals surface area contributed by atoms with Crippen molar-refractivity contribution in [3.05, 3.63) is 11.6 Å². The molecule has 3 aliphatic heterocycles. The number of aliphatic hydroxyl groups excluding tert-OH is 2. The van der Waals surface area contributed by atoms with Crippen molar-refractivity contribution >= 4 is 49.9 Å². The summed E-state index contributed by atoms with van der Waals surface area (Å²) in [4.78, 5) is 54.9. The molecule has 3 saturated heterocycles. The van der Waals surface area contributed by atoms with Gasteiger partial charge in [0, 0.05) is 24.9 Å². The number of aromatic nitrogens is 4. The Morgan fingerprint density at radius 2 is 1.85 bits per heavy atom. The van der Waals surface area contributed by atoms with Crippen molar-refractivity contribution in [2.75, 3.05) is 24.9 Å². The predicted octanol–water partition coefficient (Wildman–Crippen LogP) is 0.610. The van der Waals surface area contributed by atoms with Gasteiger partial charge < -0.3 is 43.8 Å². The molecule has 3 unspecified atom stereocenters. The van der Waals surface area contributed by atoms with Gasteiger partial charge in [0.25, 0.3) is 0 Å². The number of hydrogen-bond acceptors (Lipinski definition) is 12. The lowest BCUT2D eigenvalue weighted by molar-refractivity contribution is -0.0483. The van der Waals surface area contributed by atoms with Gasteiger partial charge >= 0.3 is 21.3 Å². The molecule has 2 aromatic rings. The molecule has 5 rings (SSSR count). The van der Waals surface area contributed by atoms with Gasteiger partial charge in [-0.1, -0.05) is 0 Å². The lowest BCUT2D eigenvalue weighted by Crippen LogP contribution is -2.43. The van der Waals surface area contributed by atoms with Gasteiger partial charge in [-0.05, 0) is 31.5 Å². The SMILES string of the molecule is CN1[C@@H]2CC[C@H]1C[C@@H](OC(=O)Nc1nc(Cl)nc3c1ncn3[C@@H]1O[C@H](COP(=O)(O)CP(=O)(O)O)C(O)C1O)C2. The van der Waals surface area contributed by atoms with E-state index in [9.17, 15) is 29.0 Å². The highest BCUT2D eigenvalue weighted by Crippen LogP contribution is 2.55. The topological polar surface area (TPSA) is 239 Å². The van der Waals surface area contributed by atoms with Crippen LogP contribution in [0, 0.1) is 0 Å². The van der Waals surface area contributed by atoms with Crippen molar-refractivity contribution in [3.63, 3.8) is 0 Å². The van der Waals surface area contributed by atoms with Gasteiger partial charge in [-0.25, -0.2) is 9.78 Å². The minimum absolute atomic E-state index is 0.0276. The summed E-state index contributed by atoms with van der Waals surface area (Å²) in [7, 11) is -7.51. The number of fused-ring (bicyclic) bond motifs is 3. The monoisotopic (exact) mass is 626 g/mol. The molecule has 2 aromatic heterocycles. The van der Waals surface area contributed by atoms with Crippen LogP contribution in [0.2, 0.25) is 5.28 Å². The maximum Gasteiger partial charge on any atom is 0.413 e. The highest BCUT2D eigenvalue weighted by molar-refractivity contribution is 7.70. The first-order chi connectivity index (χ1) is 18.7. The van der Waals surface area contributed by atoms with Gasteiger partial charge in [0.2, 0.25) is 5.28 Å². The molecule has 40 heavy (non-hydrogen) atoms. The highest BCUT2D eigenvalue weighted by Gasteiger charge is 2.46. The fraction of sp³-hybridized carbons (Fsp3) is 0.700. The number of halogens is 1. The third-order valence-electron chi connectivity index (χ3n) is 7.36. The normalized spacial score (nSPS) is 32.3. The third kappa shape index (κ3) is 6.35. The van der Waals surface area contributed by atoms with Crippen LogP contribution in [0.3, 0.4) is 0 Å². The molecule has 6 N–H and O–H groups in total. The maximum atomic E-state index is 12.7. The van der Waals surface area contributed by atoms with Gasteiger partial charge in [-0.15, -0.1) is 0 Å². The van der Waals surface area contributed by atoms with Crippen molar-refractivity contribution in [2.24, 2.45) is 0 Å². The second-order valence-corrected chi connectivity index (χ2v) is 14.5. The zero-order valence-electron chi connectivity index (χ0n) is 21.1. The summed E-state index contributed by atoms with van der Waals surface area (Å²) >= 11 is 6.09. The molecular weight excluding hydrogens is 598 g/mol.